The Morgan fingerprint density at radius 3 is 2.61 bits per heavy atom. The van der Waals surface area contributed by atoms with E-state index in [0.717, 1.165) is 4.88 Å². The maximum atomic E-state index is 13.7. The molecule has 0 saturated carbocycles. The minimum Gasteiger partial charge on any atom is -0.387 e. The number of aliphatic hydroxyl groups is 1. The van der Waals surface area contributed by atoms with E-state index >= 15 is 0 Å². The van der Waals surface area contributed by atoms with Crippen molar-refractivity contribution < 1.29 is 9.50 Å². The van der Waals surface area contributed by atoms with Gasteiger partial charge in [0.05, 0.1) is 6.10 Å². The summed E-state index contributed by atoms with van der Waals surface area (Å²) in [6, 6.07) is 6.89. The fourth-order valence-corrected chi connectivity index (χ4v) is 3.12. The van der Waals surface area contributed by atoms with E-state index < -0.39 is 6.10 Å². The molecule has 0 saturated heterocycles. The van der Waals surface area contributed by atoms with Crippen LogP contribution in [0.15, 0.2) is 28.7 Å². The highest BCUT2D eigenvalue weighted by Gasteiger charge is 2.14. The van der Waals surface area contributed by atoms with Crippen molar-refractivity contribution in [3.63, 3.8) is 0 Å². The zero-order valence-corrected chi connectivity index (χ0v) is 12.6. The molecule has 0 spiro atoms. The lowest BCUT2D eigenvalue weighted by molar-refractivity contribution is 0.181. The first-order valence-corrected chi connectivity index (χ1v) is 7.27. The first kappa shape index (κ1) is 13.7. The van der Waals surface area contributed by atoms with Gasteiger partial charge in [0.2, 0.25) is 0 Å². The number of hydrogen-bond donors (Lipinski definition) is 1. The van der Waals surface area contributed by atoms with Gasteiger partial charge in [-0.15, -0.1) is 11.3 Å². The van der Waals surface area contributed by atoms with Gasteiger partial charge in [-0.1, -0.05) is 22.0 Å². The quantitative estimate of drug-likeness (QED) is 0.876. The van der Waals surface area contributed by atoms with E-state index in [9.17, 15) is 9.50 Å². The van der Waals surface area contributed by atoms with Gasteiger partial charge < -0.3 is 5.11 Å². The zero-order valence-electron chi connectivity index (χ0n) is 10.2. The molecule has 0 aliphatic carbocycles. The molecule has 4 heteroatoms. The smallest absolute Gasteiger partial charge is 0.127 e. The molecule has 2 rings (SSSR count). The third kappa shape index (κ3) is 2.99. The van der Waals surface area contributed by atoms with Crippen molar-refractivity contribution in [1.29, 1.82) is 0 Å². The second kappa shape index (κ2) is 5.51. The first-order valence-electron chi connectivity index (χ1n) is 5.66. The van der Waals surface area contributed by atoms with Crippen LogP contribution in [-0.4, -0.2) is 5.11 Å². The molecule has 1 aromatic heterocycles. The summed E-state index contributed by atoms with van der Waals surface area (Å²) >= 11 is 4.79. The molecule has 1 N–H and O–H groups in total. The SMILES string of the molecule is Cc1cc(C(O)Cc2ccc(Br)cc2F)sc1C. The molecule has 1 atom stereocenters. The number of hydrogen-bond acceptors (Lipinski definition) is 2. The van der Waals surface area contributed by atoms with Crippen LogP contribution in [0.5, 0.6) is 0 Å². The highest BCUT2D eigenvalue weighted by atomic mass is 79.9. The first-order chi connectivity index (χ1) is 8.47. The molecule has 2 aromatic rings. The third-order valence-corrected chi connectivity index (χ3v) is 4.69. The van der Waals surface area contributed by atoms with E-state index in [1.165, 1.54) is 16.5 Å². The second-order valence-electron chi connectivity index (χ2n) is 4.34. The lowest BCUT2D eigenvalue weighted by Gasteiger charge is -2.09. The van der Waals surface area contributed by atoms with Gasteiger partial charge in [-0.2, -0.15) is 0 Å². The molecule has 0 radical (unpaired) electrons. The van der Waals surface area contributed by atoms with Gasteiger partial charge in [0.25, 0.3) is 0 Å². The molecule has 1 nitrogen and oxygen atoms in total. The number of rotatable bonds is 3. The van der Waals surface area contributed by atoms with E-state index in [1.807, 2.05) is 19.9 Å². The van der Waals surface area contributed by atoms with Gasteiger partial charge in [-0.05, 0) is 43.2 Å². The Bertz CT molecular complexity index is 545. The van der Waals surface area contributed by atoms with Gasteiger partial charge in [0, 0.05) is 20.6 Å². The highest BCUT2D eigenvalue weighted by molar-refractivity contribution is 9.10. The van der Waals surface area contributed by atoms with E-state index in [0.29, 0.717) is 16.5 Å². The standard InChI is InChI=1S/C14H14BrFOS/c1-8-5-14(18-9(8)2)13(17)6-10-3-4-11(15)7-12(10)16/h3-5,7,13,17H,6H2,1-2H3. The fourth-order valence-electron chi connectivity index (χ4n) is 1.76. The topological polar surface area (TPSA) is 20.2 Å². The predicted octanol–water partition coefficient (Wildman–Crippen LogP) is 4.54. The maximum Gasteiger partial charge on any atom is 0.127 e. The van der Waals surface area contributed by atoms with Gasteiger partial charge >= 0.3 is 0 Å². The maximum absolute atomic E-state index is 13.7. The van der Waals surface area contributed by atoms with Crippen molar-refractivity contribution >= 4 is 27.3 Å². The van der Waals surface area contributed by atoms with Gasteiger partial charge in [-0.3, -0.25) is 0 Å². The Balaban J connectivity index is 2.18. The predicted molar refractivity (Wildman–Crippen MR) is 76.6 cm³/mol. The van der Waals surface area contributed by atoms with Crippen LogP contribution in [-0.2, 0) is 6.42 Å². The van der Waals surface area contributed by atoms with Crippen molar-refractivity contribution in [2.45, 2.75) is 26.4 Å². The summed E-state index contributed by atoms with van der Waals surface area (Å²) in [5.41, 5.74) is 1.71. The van der Waals surface area contributed by atoms with Crippen molar-refractivity contribution in [3.8, 4) is 0 Å². The minimum absolute atomic E-state index is 0.284. The van der Waals surface area contributed by atoms with Crippen LogP contribution < -0.4 is 0 Å². The highest BCUT2D eigenvalue weighted by Crippen LogP contribution is 2.29. The number of benzene rings is 1. The van der Waals surface area contributed by atoms with Gasteiger partial charge in [0.15, 0.2) is 0 Å². The third-order valence-electron chi connectivity index (χ3n) is 2.94. The van der Waals surface area contributed by atoms with Crippen LogP contribution in [0.4, 0.5) is 4.39 Å². The summed E-state index contributed by atoms with van der Waals surface area (Å²) in [4.78, 5) is 2.09. The van der Waals surface area contributed by atoms with Crippen molar-refractivity contribution in [3.05, 3.63) is 55.4 Å². The Morgan fingerprint density at radius 1 is 1.33 bits per heavy atom. The normalized spacial score (nSPS) is 12.7. The number of thiophene rings is 1. The molecule has 18 heavy (non-hydrogen) atoms. The van der Waals surface area contributed by atoms with Crippen LogP contribution in [0.3, 0.4) is 0 Å². The number of aliphatic hydroxyl groups excluding tert-OH is 1. The molecule has 0 bridgehead atoms. The number of halogens is 2. The lowest BCUT2D eigenvalue weighted by Crippen LogP contribution is -2.01. The average molecular weight is 329 g/mol. The summed E-state index contributed by atoms with van der Waals surface area (Å²) in [5.74, 6) is -0.284. The molecule has 0 amide bonds. The summed E-state index contributed by atoms with van der Waals surface area (Å²) in [6.07, 6.45) is -0.337. The van der Waals surface area contributed by atoms with E-state index in [2.05, 4.69) is 15.9 Å². The van der Waals surface area contributed by atoms with Crippen molar-refractivity contribution in [2.75, 3.05) is 0 Å². The van der Waals surface area contributed by atoms with Crippen LogP contribution in [0, 0.1) is 19.7 Å². The van der Waals surface area contributed by atoms with Gasteiger partial charge in [-0.25, -0.2) is 4.39 Å². The van der Waals surface area contributed by atoms with E-state index in [1.54, 1.807) is 23.5 Å². The molecule has 1 heterocycles. The molecule has 1 aromatic carbocycles. The Labute approximate surface area is 118 Å². The van der Waals surface area contributed by atoms with Crippen LogP contribution in [0.1, 0.15) is 27.0 Å². The summed E-state index contributed by atoms with van der Waals surface area (Å²) in [5, 5.41) is 10.1. The number of aryl methyl sites for hydroxylation is 2. The van der Waals surface area contributed by atoms with Crippen molar-refractivity contribution in [1.82, 2.24) is 0 Å². The minimum atomic E-state index is -0.641. The average Bonchev–Trinajstić information content (AvgIpc) is 2.63. The molecule has 0 aliphatic rings. The summed E-state index contributed by atoms with van der Waals surface area (Å²) in [7, 11) is 0. The van der Waals surface area contributed by atoms with Gasteiger partial charge in [0.1, 0.15) is 5.82 Å². The monoisotopic (exact) mass is 328 g/mol. The fraction of sp³-hybridized carbons (Fsp3) is 0.286. The zero-order chi connectivity index (χ0) is 13.3. The summed E-state index contributed by atoms with van der Waals surface area (Å²) < 4.78 is 14.4. The Morgan fingerprint density at radius 2 is 2.06 bits per heavy atom. The van der Waals surface area contributed by atoms with E-state index in [-0.39, 0.29) is 5.82 Å². The van der Waals surface area contributed by atoms with E-state index in [4.69, 9.17) is 0 Å². The summed E-state index contributed by atoms with van der Waals surface area (Å²) in [6.45, 7) is 4.04. The van der Waals surface area contributed by atoms with Crippen molar-refractivity contribution in [2.24, 2.45) is 0 Å². The molecule has 0 aliphatic heterocycles. The Hall–Kier alpha value is -0.710. The Kier molecular flexibility index (Phi) is 4.20. The van der Waals surface area contributed by atoms with Crippen LogP contribution in [0.25, 0.3) is 0 Å². The lowest BCUT2D eigenvalue weighted by atomic mass is 10.1. The molecule has 96 valence electrons. The second-order valence-corrected chi connectivity index (χ2v) is 6.55. The largest absolute Gasteiger partial charge is 0.387 e. The molecular formula is C14H14BrFOS. The van der Waals surface area contributed by atoms with Crippen LogP contribution >= 0.6 is 27.3 Å². The molecule has 0 fully saturated rings. The molecular weight excluding hydrogens is 315 g/mol. The van der Waals surface area contributed by atoms with Crippen LogP contribution in [0.2, 0.25) is 0 Å². The molecule has 1 unspecified atom stereocenters.